The quantitative estimate of drug-likeness (QED) is 0.830. The minimum atomic E-state index is 0.603. The zero-order valence-electron chi connectivity index (χ0n) is 12.2. The third-order valence-electron chi connectivity index (χ3n) is 3.20. The Labute approximate surface area is 120 Å². The van der Waals surface area contributed by atoms with E-state index in [0.29, 0.717) is 16.6 Å². The van der Waals surface area contributed by atoms with Gasteiger partial charge in [0.2, 0.25) is 0 Å². The van der Waals surface area contributed by atoms with Crippen LogP contribution in [0, 0.1) is 11.3 Å². The first-order valence-electron chi connectivity index (χ1n) is 6.73. The fourth-order valence-corrected chi connectivity index (χ4v) is 2.28. The molecule has 5 heteroatoms. The number of nitrogens with one attached hydrogen (secondary N) is 1. The molecule has 0 saturated heterocycles. The van der Waals surface area contributed by atoms with Crippen LogP contribution in [-0.4, -0.2) is 28.2 Å². The van der Waals surface area contributed by atoms with E-state index in [1.165, 1.54) is 0 Å². The highest BCUT2D eigenvalue weighted by molar-refractivity contribution is 7.99. The summed E-state index contributed by atoms with van der Waals surface area (Å²) < 4.78 is 0. The molecule has 0 aliphatic rings. The van der Waals surface area contributed by atoms with Crippen LogP contribution in [0.4, 0.5) is 5.82 Å². The molecule has 0 radical (unpaired) electrons. The topological polar surface area (TPSA) is 61.6 Å². The van der Waals surface area contributed by atoms with Crippen LogP contribution < -0.4 is 5.32 Å². The van der Waals surface area contributed by atoms with Gasteiger partial charge in [0.25, 0.3) is 0 Å². The molecule has 0 aliphatic carbocycles. The van der Waals surface area contributed by atoms with Crippen molar-refractivity contribution in [2.75, 3.05) is 18.1 Å². The second kappa shape index (κ2) is 8.00. The molecule has 0 bridgehead atoms. The minimum absolute atomic E-state index is 0.603. The molecule has 0 fully saturated rings. The molecule has 1 aromatic rings. The normalized spacial score (nSPS) is 11.9. The van der Waals surface area contributed by atoms with Crippen LogP contribution in [0.2, 0.25) is 0 Å². The lowest BCUT2D eigenvalue weighted by Gasteiger charge is -2.13. The van der Waals surface area contributed by atoms with Gasteiger partial charge >= 0.3 is 0 Å². The summed E-state index contributed by atoms with van der Waals surface area (Å²) in [7, 11) is 0. The molecule has 0 aromatic carbocycles. The molecular formula is C14H22N4S. The average Bonchev–Trinajstić information content (AvgIpc) is 2.45. The van der Waals surface area contributed by atoms with Crippen LogP contribution in [0.5, 0.6) is 0 Å². The van der Waals surface area contributed by atoms with Crippen LogP contribution in [0.15, 0.2) is 0 Å². The van der Waals surface area contributed by atoms with Gasteiger partial charge in [0, 0.05) is 11.8 Å². The molecule has 1 aromatic heterocycles. The smallest absolute Gasteiger partial charge is 0.166 e. The summed E-state index contributed by atoms with van der Waals surface area (Å²) in [5, 5.41) is 21.6. The number of aryl methyl sites for hydroxylation is 1. The van der Waals surface area contributed by atoms with Crippen LogP contribution in [0.25, 0.3) is 0 Å². The number of aromatic nitrogens is 2. The van der Waals surface area contributed by atoms with Crippen molar-refractivity contribution in [3.63, 3.8) is 0 Å². The van der Waals surface area contributed by atoms with Crippen molar-refractivity contribution in [2.24, 2.45) is 0 Å². The molecule has 0 amide bonds. The highest BCUT2D eigenvalue weighted by atomic mass is 32.2. The Morgan fingerprint density at radius 1 is 1.32 bits per heavy atom. The van der Waals surface area contributed by atoms with Crippen molar-refractivity contribution < 1.29 is 0 Å². The summed E-state index contributed by atoms with van der Waals surface area (Å²) in [6, 6.07) is 2.27. The Morgan fingerprint density at radius 2 is 2.05 bits per heavy atom. The number of nitrogens with zero attached hydrogens (tertiary/aromatic N) is 3. The Hall–Kier alpha value is -1.28. The van der Waals surface area contributed by atoms with Crippen molar-refractivity contribution in [1.29, 1.82) is 5.26 Å². The van der Waals surface area contributed by atoms with Gasteiger partial charge in [-0.2, -0.15) is 22.1 Å². The molecule has 1 unspecified atom stereocenters. The standard InChI is InChI=1S/C14H22N4S/c1-5-11-12(9-15)14(18-17-13(11)6-2)16-8-7-10(3)19-4/h10H,5-8H2,1-4H3,(H,16,18). The maximum absolute atomic E-state index is 9.34. The SMILES string of the molecule is CCc1nnc(NCCC(C)SC)c(C#N)c1CC. The van der Waals surface area contributed by atoms with Crippen LogP contribution >= 0.6 is 11.8 Å². The van der Waals surface area contributed by atoms with Gasteiger partial charge in [0.05, 0.1) is 5.69 Å². The highest BCUT2D eigenvalue weighted by Crippen LogP contribution is 2.20. The maximum atomic E-state index is 9.34. The lowest BCUT2D eigenvalue weighted by molar-refractivity contribution is 0.829. The summed E-state index contributed by atoms with van der Waals surface area (Å²) >= 11 is 1.84. The highest BCUT2D eigenvalue weighted by Gasteiger charge is 2.13. The van der Waals surface area contributed by atoms with E-state index in [4.69, 9.17) is 0 Å². The van der Waals surface area contributed by atoms with E-state index in [1.807, 2.05) is 18.7 Å². The van der Waals surface area contributed by atoms with E-state index >= 15 is 0 Å². The molecular weight excluding hydrogens is 256 g/mol. The lowest BCUT2D eigenvalue weighted by atomic mass is 10.0. The van der Waals surface area contributed by atoms with Crippen molar-refractivity contribution in [3.8, 4) is 6.07 Å². The molecule has 0 saturated carbocycles. The van der Waals surface area contributed by atoms with Crippen molar-refractivity contribution in [3.05, 3.63) is 16.8 Å². The van der Waals surface area contributed by atoms with E-state index in [0.717, 1.165) is 37.1 Å². The molecule has 104 valence electrons. The molecule has 1 N–H and O–H groups in total. The zero-order chi connectivity index (χ0) is 14.3. The summed E-state index contributed by atoms with van der Waals surface area (Å²) in [6.07, 6.45) is 4.78. The van der Waals surface area contributed by atoms with Crippen LogP contribution in [0.3, 0.4) is 0 Å². The van der Waals surface area contributed by atoms with E-state index in [1.54, 1.807) is 0 Å². The van der Waals surface area contributed by atoms with E-state index < -0.39 is 0 Å². The van der Waals surface area contributed by atoms with Gasteiger partial charge in [-0.15, -0.1) is 5.10 Å². The maximum Gasteiger partial charge on any atom is 0.166 e. The van der Waals surface area contributed by atoms with Crippen LogP contribution in [-0.2, 0) is 12.8 Å². The van der Waals surface area contributed by atoms with Crippen molar-refractivity contribution >= 4 is 17.6 Å². The lowest BCUT2D eigenvalue weighted by Crippen LogP contribution is -2.13. The zero-order valence-corrected chi connectivity index (χ0v) is 13.0. The predicted molar refractivity (Wildman–Crippen MR) is 81.6 cm³/mol. The third-order valence-corrected chi connectivity index (χ3v) is 4.24. The number of hydrogen-bond acceptors (Lipinski definition) is 5. The number of thioether (sulfide) groups is 1. The van der Waals surface area contributed by atoms with Gasteiger partial charge in [-0.1, -0.05) is 20.8 Å². The largest absolute Gasteiger partial charge is 0.367 e. The third kappa shape index (κ3) is 4.10. The molecule has 19 heavy (non-hydrogen) atoms. The molecule has 0 aliphatic heterocycles. The Balaban J connectivity index is 2.87. The Kier molecular flexibility index (Phi) is 6.65. The predicted octanol–water partition coefficient (Wildman–Crippen LogP) is 3.03. The molecule has 0 spiro atoms. The molecule has 1 atom stereocenters. The first-order valence-corrected chi connectivity index (χ1v) is 8.01. The van der Waals surface area contributed by atoms with E-state index in [-0.39, 0.29) is 0 Å². The summed E-state index contributed by atoms with van der Waals surface area (Å²) in [5.41, 5.74) is 2.62. The number of hydrogen-bond donors (Lipinski definition) is 1. The monoisotopic (exact) mass is 278 g/mol. The summed E-state index contributed by atoms with van der Waals surface area (Å²) in [5.74, 6) is 0.629. The van der Waals surface area contributed by atoms with Crippen molar-refractivity contribution in [1.82, 2.24) is 10.2 Å². The Bertz CT molecular complexity index is 453. The average molecular weight is 278 g/mol. The molecule has 1 heterocycles. The van der Waals surface area contributed by atoms with E-state index in [9.17, 15) is 5.26 Å². The number of nitriles is 1. The fourth-order valence-electron chi connectivity index (χ4n) is 1.93. The van der Waals surface area contributed by atoms with Gasteiger partial charge in [0.1, 0.15) is 11.6 Å². The Morgan fingerprint density at radius 3 is 2.58 bits per heavy atom. The fraction of sp³-hybridized carbons (Fsp3) is 0.643. The van der Waals surface area contributed by atoms with Gasteiger partial charge in [-0.05, 0) is 31.1 Å². The van der Waals surface area contributed by atoms with Gasteiger partial charge in [-0.3, -0.25) is 0 Å². The van der Waals surface area contributed by atoms with Gasteiger partial charge in [-0.25, -0.2) is 0 Å². The minimum Gasteiger partial charge on any atom is -0.367 e. The second-order valence-electron chi connectivity index (χ2n) is 4.43. The van der Waals surface area contributed by atoms with E-state index in [2.05, 4.69) is 41.7 Å². The van der Waals surface area contributed by atoms with Crippen LogP contribution in [0.1, 0.15) is 44.0 Å². The van der Waals surface area contributed by atoms with Gasteiger partial charge < -0.3 is 5.32 Å². The number of rotatable bonds is 7. The molecule has 4 nitrogen and oxygen atoms in total. The number of anilines is 1. The second-order valence-corrected chi connectivity index (χ2v) is 5.71. The summed E-state index contributed by atoms with van der Waals surface area (Å²) in [6.45, 7) is 7.11. The first kappa shape index (κ1) is 15.8. The summed E-state index contributed by atoms with van der Waals surface area (Å²) in [4.78, 5) is 0. The first-order chi connectivity index (χ1) is 9.17. The molecule has 1 rings (SSSR count). The van der Waals surface area contributed by atoms with Gasteiger partial charge in [0.15, 0.2) is 5.82 Å². The van der Waals surface area contributed by atoms with Crippen molar-refractivity contribution in [2.45, 2.75) is 45.3 Å².